The molecule has 1 atom stereocenters. The van der Waals surface area contributed by atoms with Gasteiger partial charge in [0.15, 0.2) is 0 Å². The van der Waals surface area contributed by atoms with Crippen LogP contribution in [0.1, 0.15) is 44.4 Å². The molecule has 10 heteroatoms. The van der Waals surface area contributed by atoms with Crippen molar-refractivity contribution in [3.05, 3.63) is 53.6 Å². The number of nitrogens with zero attached hydrogens (tertiary/aromatic N) is 4. The number of carbonyl (C=O) groups is 2. The monoisotopic (exact) mass is 495 g/mol. The van der Waals surface area contributed by atoms with Gasteiger partial charge in [-0.25, -0.2) is 0 Å². The van der Waals surface area contributed by atoms with Crippen molar-refractivity contribution in [1.29, 1.82) is 0 Å². The Morgan fingerprint density at radius 3 is 2.71 bits per heavy atom. The fraction of sp³-hybridized carbons (Fsp3) is 0.400. The van der Waals surface area contributed by atoms with Gasteiger partial charge >= 0.3 is 0 Å². The second-order valence-electron chi connectivity index (χ2n) is 9.01. The first-order chi connectivity index (χ1) is 17.0. The molecule has 1 aliphatic heterocycles. The van der Waals surface area contributed by atoms with Crippen LogP contribution in [0.4, 0.5) is 5.69 Å². The zero-order valence-corrected chi connectivity index (χ0v) is 20.1. The number of halogens is 1. The van der Waals surface area contributed by atoms with Crippen LogP contribution in [0.25, 0.3) is 11.4 Å². The highest BCUT2D eigenvalue weighted by atomic mass is 35.5. The maximum absolute atomic E-state index is 13.5. The van der Waals surface area contributed by atoms with E-state index in [2.05, 4.69) is 20.4 Å². The Kier molecular flexibility index (Phi) is 6.42. The number of methoxy groups -OCH3 is 1. The number of anilines is 1. The van der Waals surface area contributed by atoms with E-state index < -0.39 is 11.5 Å². The van der Waals surface area contributed by atoms with E-state index in [4.69, 9.17) is 20.9 Å². The van der Waals surface area contributed by atoms with Crippen LogP contribution < -0.4 is 15.0 Å². The van der Waals surface area contributed by atoms with Gasteiger partial charge in [-0.1, -0.05) is 36.0 Å². The van der Waals surface area contributed by atoms with Gasteiger partial charge in [-0.2, -0.15) is 4.98 Å². The highest BCUT2D eigenvalue weighted by Gasteiger charge is 2.44. The molecular weight excluding hydrogens is 470 g/mol. The van der Waals surface area contributed by atoms with Gasteiger partial charge in [-0.15, -0.1) is 0 Å². The Balaban J connectivity index is 1.37. The van der Waals surface area contributed by atoms with Crippen molar-refractivity contribution in [2.75, 3.05) is 18.6 Å². The molecule has 2 aromatic heterocycles. The predicted molar refractivity (Wildman–Crippen MR) is 129 cm³/mol. The third-order valence-electron chi connectivity index (χ3n) is 6.77. The predicted octanol–water partition coefficient (Wildman–Crippen LogP) is 4.12. The van der Waals surface area contributed by atoms with Crippen molar-refractivity contribution in [2.45, 2.75) is 44.1 Å². The van der Waals surface area contributed by atoms with Crippen molar-refractivity contribution in [3.63, 3.8) is 0 Å². The highest BCUT2D eigenvalue weighted by molar-refractivity contribution is 6.31. The quantitative estimate of drug-likeness (QED) is 0.547. The molecule has 3 aromatic rings. The molecule has 2 aliphatic rings. The SMILES string of the molecule is COc1ccc(Cl)cc1N1C[C@@H](C(=O)NC2(c3nc(-c4ccncc4)no3)CCCCC2)CC1=O. The first-order valence-corrected chi connectivity index (χ1v) is 12.1. The molecule has 1 aliphatic carbocycles. The van der Waals surface area contributed by atoms with Gasteiger partial charge in [0.1, 0.15) is 11.3 Å². The molecule has 0 spiro atoms. The smallest absolute Gasteiger partial charge is 0.252 e. The van der Waals surface area contributed by atoms with Gasteiger partial charge in [0.2, 0.25) is 17.6 Å². The Morgan fingerprint density at radius 1 is 1.20 bits per heavy atom. The minimum Gasteiger partial charge on any atom is -0.495 e. The zero-order valence-electron chi connectivity index (χ0n) is 19.4. The summed E-state index contributed by atoms with van der Waals surface area (Å²) in [5, 5.41) is 7.84. The normalized spacial score (nSPS) is 19.5. The summed E-state index contributed by atoms with van der Waals surface area (Å²) < 4.78 is 11.1. The maximum Gasteiger partial charge on any atom is 0.252 e. The number of benzene rings is 1. The maximum atomic E-state index is 13.5. The Labute approximate surface area is 207 Å². The molecule has 0 bridgehead atoms. The van der Waals surface area contributed by atoms with Crippen molar-refractivity contribution < 1.29 is 18.8 Å². The summed E-state index contributed by atoms with van der Waals surface area (Å²) in [6.45, 7) is 0.240. The van der Waals surface area contributed by atoms with E-state index in [0.717, 1.165) is 24.8 Å². The van der Waals surface area contributed by atoms with Crippen LogP contribution in [0, 0.1) is 5.92 Å². The van der Waals surface area contributed by atoms with Crippen molar-refractivity contribution in [3.8, 4) is 17.1 Å². The average Bonchev–Trinajstić information content (AvgIpc) is 3.53. The lowest BCUT2D eigenvalue weighted by Crippen LogP contribution is -2.50. The lowest BCUT2D eigenvalue weighted by atomic mass is 9.81. The molecule has 1 aromatic carbocycles. The summed E-state index contributed by atoms with van der Waals surface area (Å²) in [4.78, 5) is 36.6. The van der Waals surface area contributed by atoms with Gasteiger partial charge in [0.05, 0.1) is 18.7 Å². The van der Waals surface area contributed by atoms with E-state index in [1.165, 1.54) is 7.11 Å². The Hall–Kier alpha value is -3.46. The fourth-order valence-electron chi connectivity index (χ4n) is 4.91. The first-order valence-electron chi connectivity index (χ1n) is 11.7. The van der Waals surface area contributed by atoms with Gasteiger partial charge < -0.3 is 19.5 Å². The summed E-state index contributed by atoms with van der Waals surface area (Å²) in [6, 6.07) is 8.71. The molecule has 1 N–H and O–H groups in total. The lowest BCUT2D eigenvalue weighted by molar-refractivity contribution is -0.129. The zero-order chi connectivity index (χ0) is 24.4. The van der Waals surface area contributed by atoms with Crippen LogP contribution in [0.2, 0.25) is 5.02 Å². The molecule has 0 radical (unpaired) electrons. The molecule has 5 rings (SSSR count). The van der Waals surface area contributed by atoms with Gasteiger partial charge in [-0.3, -0.25) is 14.6 Å². The summed E-state index contributed by atoms with van der Waals surface area (Å²) >= 11 is 6.16. The highest BCUT2D eigenvalue weighted by Crippen LogP contribution is 2.39. The number of rotatable bonds is 6. The molecule has 1 saturated heterocycles. The topological polar surface area (TPSA) is 110 Å². The third-order valence-corrected chi connectivity index (χ3v) is 7.01. The van der Waals surface area contributed by atoms with Gasteiger partial charge in [-0.05, 0) is 43.2 Å². The Bertz CT molecular complexity index is 1230. The van der Waals surface area contributed by atoms with E-state index in [0.29, 0.717) is 41.0 Å². The number of ether oxygens (including phenoxy) is 1. The average molecular weight is 496 g/mol. The number of carbonyl (C=O) groups excluding carboxylic acids is 2. The van der Waals surface area contributed by atoms with Crippen molar-refractivity contribution >= 4 is 29.1 Å². The molecule has 182 valence electrons. The molecule has 3 heterocycles. The molecule has 0 unspecified atom stereocenters. The minimum absolute atomic E-state index is 0.101. The molecule has 1 saturated carbocycles. The van der Waals surface area contributed by atoms with Crippen LogP contribution in [0.5, 0.6) is 5.75 Å². The van der Waals surface area contributed by atoms with Crippen molar-refractivity contribution in [2.24, 2.45) is 5.92 Å². The number of pyridine rings is 1. The Morgan fingerprint density at radius 2 is 1.97 bits per heavy atom. The van der Waals surface area contributed by atoms with Crippen LogP contribution in [0.15, 0.2) is 47.2 Å². The number of hydrogen-bond donors (Lipinski definition) is 1. The molecule has 35 heavy (non-hydrogen) atoms. The van der Waals surface area contributed by atoms with E-state index in [1.807, 2.05) is 12.1 Å². The number of hydrogen-bond acceptors (Lipinski definition) is 7. The van der Waals surface area contributed by atoms with Gasteiger partial charge in [0, 0.05) is 35.9 Å². The van der Waals surface area contributed by atoms with E-state index in [-0.39, 0.29) is 24.8 Å². The largest absolute Gasteiger partial charge is 0.495 e. The second-order valence-corrected chi connectivity index (χ2v) is 9.45. The standard InChI is InChI=1S/C25H26ClN5O4/c1-34-20-6-5-18(26)14-19(20)31-15-17(13-21(31)32)23(33)29-25(9-3-2-4-10-25)24-28-22(30-35-24)16-7-11-27-12-8-16/h5-8,11-12,14,17H,2-4,9-10,13,15H2,1H3,(H,29,33)/t17-/m0/s1. The summed E-state index contributed by atoms with van der Waals surface area (Å²) in [5.74, 6) is 0.509. The molecule has 2 fully saturated rings. The fourth-order valence-corrected chi connectivity index (χ4v) is 5.08. The molecular formula is C25H26ClN5O4. The van der Waals surface area contributed by atoms with Crippen molar-refractivity contribution in [1.82, 2.24) is 20.4 Å². The number of amides is 2. The number of nitrogens with one attached hydrogen (secondary N) is 1. The number of aromatic nitrogens is 3. The molecule has 2 amide bonds. The van der Waals surface area contributed by atoms with E-state index >= 15 is 0 Å². The van der Waals surface area contributed by atoms with Crippen LogP contribution in [0.3, 0.4) is 0 Å². The van der Waals surface area contributed by atoms with Gasteiger partial charge in [0.25, 0.3) is 5.89 Å². The summed E-state index contributed by atoms with van der Waals surface area (Å²) in [7, 11) is 1.54. The summed E-state index contributed by atoms with van der Waals surface area (Å²) in [6.07, 6.45) is 7.78. The summed E-state index contributed by atoms with van der Waals surface area (Å²) in [5.41, 5.74) is 0.601. The minimum atomic E-state index is -0.752. The second kappa shape index (κ2) is 9.65. The lowest BCUT2D eigenvalue weighted by Gasteiger charge is -2.35. The third kappa shape index (κ3) is 4.60. The van der Waals surface area contributed by atoms with E-state index in [9.17, 15) is 9.59 Å². The van der Waals surface area contributed by atoms with Crippen LogP contribution >= 0.6 is 11.6 Å². The van der Waals surface area contributed by atoms with Crippen LogP contribution in [-0.2, 0) is 15.1 Å². The molecule has 9 nitrogen and oxygen atoms in total. The van der Waals surface area contributed by atoms with Crippen LogP contribution in [-0.4, -0.2) is 40.6 Å². The first kappa shape index (κ1) is 23.3. The van der Waals surface area contributed by atoms with E-state index in [1.54, 1.807) is 35.5 Å².